The standard InChI is InChI=1S/C17H12Cl2N4O2/c18-9-5-6-10(19)12(7-9)20-16(25)14-8-15(24)22-17-21-11-3-1-2-4-13(11)23(14)17/h1-7,14H,8H2,(H,20,25)(H,21,22,24). The summed E-state index contributed by atoms with van der Waals surface area (Å²) in [6, 6.07) is 11.5. The molecule has 126 valence electrons. The van der Waals surface area contributed by atoms with E-state index in [9.17, 15) is 9.59 Å². The second kappa shape index (κ2) is 6.06. The molecule has 1 aliphatic rings. The van der Waals surface area contributed by atoms with Gasteiger partial charge in [-0.1, -0.05) is 35.3 Å². The number of aromatic nitrogens is 2. The molecule has 0 saturated carbocycles. The van der Waals surface area contributed by atoms with E-state index >= 15 is 0 Å². The predicted molar refractivity (Wildman–Crippen MR) is 97.1 cm³/mol. The molecule has 6 nitrogen and oxygen atoms in total. The number of nitrogens with one attached hydrogen (secondary N) is 2. The van der Waals surface area contributed by atoms with Gasteiger partial charge >= 0.3 is 0 Å². The second-order valence-electron chi connectivity index (χ2n) is 5.68. The van der Waals surface area contributed by atoms with Crippen molar-refractivity contribution in [2.24, 2.45) is 0 Å². The molecule has 1 unspecified atom stereocenters. The van der Waals surface area contributed by atoms with Crippen LogP contribution in [0.25, 0.3) is 11.0 Å². The molecule has 25 heavy (non-hydrogen) atoms. The van der Waals surface area contributed by atoms with E-state index in [1.165, 1.54) is 0 Å². The van der Waals surface area contributed by atoms with Crippen LogP contribution in [0.5, 0.6) is 0 Å². The Balaban J connectivity index is 1.74. The number of halogens is 2. The SMILES string of the molecule is O=C1CC(C(=O)Nc2cc(Cl)ccc2Cl)n2c(nc3ccccc32)N1. The number of amides is 2. The van der Waals surface area contributed by atoms with Crippen LogP contribution in [0.4, 0.5) is 11.6 Å². The van der Waals surface area contributed by atoms with Gasteiger partial charge < -0.3 is 5.32 Å². The van der Waals surface area contributed by atoms with Crippen molar-refractivity contribution in [2.75, 3.05) is 10.6 Å². The maximum Gasteiger partial charge on any atom is 0.248 e. The topological polar surface area (TPSA) is 76.0 Å². The highest BCUT2D eigenvalue weighted by atomic mass is 35.5. The molecule has 2 amide bonds. The summed E-state index contributed by atoms with van der Waals surface area (Å²) in [4.78, 5) is 29.2. The number of hydrogen-bond donors (Lipinski definition) is 2. The molecule has 1 aromatic heterocycles. The van der Waals surface area contributed by atoms with E-state index in [1.807, 2.05) is 24.3 Å². The van der Waals surface area contributed by atoms with Gasteiger partial charge in [-0.3, -0.25) is 19.5 Å². The lowest BCUT2D eigenvalue weighted by Gasteiger charge is -2.25. The van der Waals surface area contributed by atoms with Crippen molar-refractivity contribution in [1.29, 1.82) is 0 Å². The number of para-hydroxylation sites is 2. The number of hydrogen-bond acceptors (Lipinski definition) is 3. The van der Waals surface area contributed by atoms with Gasteiger partial charge in [-0.05, 0) is 30.3 Å². The van der Waals surface area contributed by atoms with Crippen LogP contribution < -0.4 is 10.6 Å². The summed E-state index contributed by atoms with van der Waals surface area (Å²) in [7, 11) is 0. The third-order valence-electron chi connectivity index (χ3n) is 4.03. The molecule has 1 aliphatic heterocycles. The average molecular weight is 375 g/mol. The van der Waals surface area contributed by atoms with Crippen LogP contribution in [-0.2, 0) is 9.59 Å². The van der Waals surface area contributed by atoms with Crippen LogP contribution >= 0.6 is 23.2 Å². The van der Waals surface area contributed by atoms with Crippen molar-refractivity contribution in [3.8, 4) is 0 Å². The summed E-state index contributed by atoms with van der Waals surface area (Å²) in [5, 5.41) is 6.28. The molecule has 0 spiro atoms. The summed E-state index contributed by atoms with van der Waals surface area (Å²) in [6.07, 6.45) is 0.0113. The fraction of sp³-hybridized carbons (Fsp3) is 0.118. The molecule has 0 bridgehead atoms. The van der Waals surface area contributed by atoms with Gasteiger partial charge in [0.15, 0.2) is 0 Å². The third kappa shape index (κ3) is 2.83. The summed E-state index contributed by atoms with van der Waals surface area (Å²) < 4.78 is 1.73. The average Bonchev–Trinajstić information content (AvgIpc) is 2.95. The molecule has 0 radical (unpaired) electrons. The van der Waals surface area contributed by atoms with E-state index in [0.29, 0.717) is 27.2 Å². The molecule has 2 aromatic carbocycles. The van der Waals surface area contributed by atoms with Crippen LogP contribution in [0.2, 0.25) is 10.0 Å². The van der Waals surface area contributed by atoms with Crippen LogP contribution in [0, 0.1) is 0 Å². The van der Waals surface area contributed by atoms with Gasteiger partial charge in [0.05, 0.1) is 28.2 Å². The smallest absolute Gasteiger partial charge is 0.248 e. The van der Waals surface area contributed by atoms with Crippen LogP contribution in [-0.4, -0.2) is 21.4 Å². The minimum Gasteiger partial charge on any atom is -0.323 e. The Kier molecular flexibility index (Phi) is 3.86. The lowest BCUT2D eigenvalue weighted by atomic mass is 10.1. The van der Waals surface area contributed by atoms with E-state index in [0.717, 1.165) is 5.52 Å². The maximum absolute atomic E-state index is 12.8. The Labute approximate surface area is 152 Å². The first-order chi connectivity index (χ1) is 12.0. The summed E-state index contributed by atoms with van der Waals surface area (Å²) >= 11 is 12.1. The first kappa shape index (κ1) is 15.9. The molecule has 4 rings (SSSR count). The number of imidazole rings is 1. The van der Waals surface area contributed by atoms with E-state index in [-0.39, 0.29) is 18.2 Å². The van der Waals surface area contributed by atoms with Gasteiger partial charge in [-0.2, -0.15) is 0 Å². The van der Waals surface area contributed by atoms with E-state index in [4.69, 9.17) is 23.2 Å². The largest absolute Gasteiger partial charge is 0.323 e. The number of fused-ring (bicyclic) bond motifs is 3. The highest BCUT2D eigenvalue weighted by Gasteiger charge is 2.33. The zero-order valence-corrected chi connectivity index (χ0v) is 14.3. The summed E-state index contributed by atoms with van der Waals surface area (Å²) in [6.45, 7) is 0. The van der Waals surface area contributed by atoms with Crippen LogP contribution in [0.1, 0.15) is 12.5 Å². The van der Waals surface area contributed by atoms with Crippen molar-refractivity contribution in [3.05, 3.63) is 52.5 Å². The molecule has 2 heterocycles. The highest BCUT2D eigenvalue weighted by Crippen LogP contribution is 2.32. The number of anilines is 2. The lowest BCUT2D eigenvalue weighted by Crippen LogP contribution is -2.35. The summed E-state index contributed by atoms with van der Waals surface area (Å²) in [5.41, 5.74) is 1.88. The van der Waals surface area contributed by atoms with E-state index in [2.05, 4.69) is 15.6 Å². The number of benzene rings is 2. The minimum atomic E-state index is -0.730. The molecule has 3 aromatic rings. The minimum absolute atomic E-state index is 0.0113. The van der Waals surface area contributed by atoms with Gasteiger partial charge in [0.2, 0.25) is 17.8 Å². The van der Waals surface area contributed by atoms with Crippen LogP contribution in [0.15, 0.2) is 42.5 Å². The molecule has 0 saturated heterocycles. The van der Waals surface area contributed by atoms with E-state index < -0.39 is 6.04 Å². The van der Waals surface area contributed by atoms with E-state index in [1.54, 1.807) is 22.8 Å². The highest BCUT2D eigenvalue weighted by molar-refractivity contribution is 6.35. The monoisotopic (exact) mass is 374 g/mol. The van der Waals surface area contributed by atoms with Gasteiger partial charge in [-0.15, -0.1) is 0 Å². The first-order valence-electron chi connectivity index (χ1n) is 7.55. The maximum atomic E-state index is 12.8. The molecule has 0 aliphatic carbocycles. The Bertz CT molecular complexity index is 1020. The van der Waals surface area contributed by atoms with Crippen LogP contribution in [0.3, 0.4) is 0 Å². The first-order valence-corrected chi connectivity index (χ1v) is 8.31. The van der Waals surface area contributed by atoms with Crippen molar-refractivity contribution in [1.82, 2.24) is 9.55 Å². The summed E-state index contributed by atoms with van der Waals surface area (Å²) in [5.74, 6) is -0.265. The Morgan fingerprint density at radius 2 is 2.04 bits per heavy atom. The molecule has 0 fully saturated rings. The number of rotatable bonds is 2. The fourth-order valence-electron chi connectivity index (χ4n) is 2.91. The van der Waals surface area contributed by atoms with Crippen molar-refractivity contribution >= 4 is 57.7 Å². The van der Waals surface area contributed by atoms with Crippen molar-refractivity contribution in [2.45, 2.75) is 12.5 Å². The fourth-order valence-corrected chi connectivity index (χ4v) is 3.25. The molecular weight excluding hydrogens is 363 g/mol. The zero-order valence-electron chi connectivity index (χ0n) is 12.8. The van der Waals surface area contributed by atoms with Gasteiger partial charge in [0.1, 0.15) is 6.04 Å². The quantitative estimate of drug-likeness (QED) is 0.714. The van der Waals surface area contributed by atoms with Gasteiger partial charge in [0.25, 0.3) is 0 Å². The molecule has 1 atom stereocenters. The van der Waals surface area contributed by atoms with Gasteiger partial charge in [0, 0.05) is 5.02 Å². The zero-order chi connectivity index (χ0) is 17.6. The van der Waals surface area contributed by atoms with Crippen molar-refractivity contribution < 1.29 is 9.59 Å². The third-order valence-corrected chi connectivity index (χ3v) is 4.59. The normalized spacial score (nSPS) is 16.4. The predicted octanol–water partition coefficient (Wildman–Crippen LogP) is 3.87. The van der Waals surface area contributed by atoms with Gasteiger partial charge in [-0.25, -0.2) is 4.98 Å². The Hall–Kier alpha value is -2.57. The molecule has 2 N–H and O–H groups in total. The molecular formula is C17H12Cl2N4O2. The number of carbonyl (C=O) groups excluding carboxylic acids is 2. The molecule has 8 heteroatoms. The Morgan fingerprint density at radius 3 is 2.88 bits per heavy atom. The number of carbonyl (C=O) groups is 2. The lowest BCUT2D eigenvalue weighted by molar-refractivity contribution is -0.124. The number of nitrogens with zero attached hydrogens (tertiary/aromatic N) is 2. The second-order valence-corrected chi connectivity index (χ2v) is 6.52. The van der Waals surface area contributed by atoms with Crippen molar-refractivity contribution in [3.63, 3.8) is 0 Å². The Morgan fingerprint density at radius 1 is 1.24 bits per heavy atom.